The van der Waals surface area contributed by atoms with Crippen LogP contribution in [0, 0.1) is 0 Å². The van der Waals surface area contributed by atoms with E-state index >= 15 is 0 Å². The molecule has 0 atom stereocenters. The van der Waals surface area contributed by atoms with Gasteiger partial charge in [0.1, 0.15) is 0 Å². The van der Waals surface area contributed by atoms with Gasteiger partial charge in [0.15, 0.2) is 0 Å². The largest absolute Gasteiger partial charge is 0.384 e. The van der Waals surface area contributed by atoms with Crippen molar-refractivity contribution in [3.8, 4) is 0 Å². The highest BCUT2D eigenvalue weighted by Crippen LogP contribution is 2.09. The first kappa shape index (κ1) is 14.7. The topological polar surface area (TPSA) is 50.4 Å². The fourth-order valence-electron chi connectivity index (χ4n) is 1.53. The minimum Gasteiger partial charge on any atom is -0.384 e. The summed E-state index contributed by atoms with van der Waals surface area (Å²) in [5.41, 5.74) is 2.05. The van der Waals surface area contributed by atoms with Crippen molar-refractivity contribution < 1.29 is 9.53 Å². The number of hydrogen-bond donors (Lipinski definition) is 2. The number of rotatable bonds is 8. The Hall–Kier alpha value is -1.39. The lowest BCUT2D eigenvalue weighted by Crippen LogP contribution is -2.15. The molecule has 2 N–H and O–H groups in total. The molecule has 1 aromatic carbocycles. The molecule has 0 aliphatic carbocycles. The summed E-state index contributed by atoms with van der Waals surface area (Å²) in [6, 6.07) is 7.89. The molecule has 4 heteroatoms. The predicted octanol–water partition coefficient (Wildman–Crippen LogP) is 2.16. The standard InChI is InChI=1S/C14H22N2O2/c1-3-9-15-11-12-4-6-13(7-5-12)16-14(17)8-10-18-2/h4-7,15H,3,8-11H2,1-2H3,(H,16,17). The van der Waals surface area contributed by atoms with Crippen LogP contribution in [0.15, 0.2) is 24.3 Å². The highest BCUT2D eigenvalue weighted by atomic mass is 16.5. The highest BCUT2D eigenvalue weighted by Gasteiger charge is 2.01. The lowest BCUT2D eigenvalue weighted by molar-refractivity contribution is -0.117. The van der Waals surface area contributed by atoms with E-state index in [2.05, 4.69) is 17.6 Å². The van der Waals surface area contributed by atoms with Crippen molar-refractivity contribution in [2.75, 3.05) is 25.6 Å². The van der Waals surface area contributed by atoms with Gasteiger partial charge >= 0.3 is 0 Å². The first-order chi connectivity index (χ1) is 8.76. The Labute approximate surface area is 109 Å². The summed E-state index contributed by atoms with van der Waals surface area (Å²) in [7, 11) is 1.59. The molecule has 100 valence electrons. The smallest absolute Gasteiger partial charge is 0.226 e. The second-order valence-electron chi connectivity index (χ2n) is 4.16. The van der Waals surface area contributed by atoms with Gasteiger partial charge in [-0.3, -0.25) is 4.79 Å². The fraction of sp³-hybridized carbons (Fsp3) is 0.500. The molecule has 1 aromatic rings. The second kappa shape index (κ2) is 8.66. The number of carbonyl (C=O) groups excluding carboxylic acids is 1. The number of ether oxygens (including phenoxy) is 1. The van der Waals surface area contributed by atoms with Gasteiger partial charge in [0.25, 0.3) is 0 Å². The van der Waals surface area contributed by atoms with E-state index in [1.54, 1.807) is 7.11 Å². The second-order valence-corrected chi connectivity index (χ2v) is 4.16. The molecule has 0 aromatic heterocycles. The SMILES string of the molecule is CCCNCc1ccc(NC(=O)CCOC)cc1. The van der Waals surface area contributed by atoms with Crippen LogP contribution in [-0.2, 0) is 16.1 Å². The maximum absolute atomic E-state index is 11.5. The van der Waals surface area contributed by atoms with Gasteiger partial charge in [0.05, 0.1) is 13.0 Å². The monoisotopic (exact) mass is 250 g/mol. The summed E-state index contributed by atoms with van der Waals surface area (Å²) in [4.78, 5) is 11.5. The molecule has 0 aliphatic heterocycles. The Morgan fingerprint density at radius 3 is 2.61 bits per heavy atom. The van der Waals surface area contributed by atoms with Gasteiger partial charge in [-0.25, -0.2) is 0 Å². The molecule has 4 nitrogen and oxygen atoms in total. The first-order valence-electron chi connectivity index (χ1n) is 6.34. The van der Waals surface area contributed by atoms with Crippen molar-refractivity contribution in [2.24, 2.45) is 0 Å². The average Bonchev–Trinajstić information content (AvgIpc) is 2.39. The van der Waals surface area contributed by atoms with E-state index in [-0.39, 0.29) is 5.91 Å². The van der Waals surface area contributed by atoms with E-state index in [1.165, 1.54) is 5.56 Å². The van der Waals surface area contributed by atoms with Gasteiger partial charge in [0, 0.05) is 19.3 Å². The van der Waals surface area contributed by atoms with E-state index in [1.807, 2.05) is 24.3 Å². The zero-order valence-electron chi connectivity index (χ0n) is 11.2. The number of anilines is 1. The summed E-state index contributed by atoms with van der Waals surface area (Å²) >= 11 is 0. The van der Waals surface area contributed by atoms with Crippen molar-refractivity contribution in [3.63, 3.8) is 0 Å². The predicted molar refractivity (Wildman–Crippen MR) is 73.6 cm³/mol. The Bertz CT molecular complexity index is 349. The van der Waals surface area contributed by atoms with Gasteiger partial charge in [-0.1, -0.05) is 19.1 Å². The van der Waals surface area contributed by atoms with Crippen molar-refractivity contribution in [3.05, 3.63) is 29.8 Å². The first-order valence-corrected chi connectivity index (χ1v) is 6.34. The molecule has 1 amide bonds. The average molecular weight is 250 g/mol. The van der Waals surface area contributed by atoms with Crippen molar-refractivity contribution in [2.45, 2.75) is 26.3 Å². The van der Waals surface area contributed by atoms with Gasteiger partial charge < -0.3 is 15.4 Å². The Morgan fingerprint density at radius 1 is 1.28 bits per heavy atom. The van der Waals surface area contributed by atoms with E-state index in [0.29, 0.717) is 13.0 Å². The van der Waals surface area contributed by atoms with Crippen LogP contribution in [0.2, 0.25) is 0 Å². The zero-order valence-corrected chi connectivity index (χ0v) is 11.2. The van der Waals surface area contributed by atoms with Crippen LogP contribution in [-0.4, -0.2) is 26.2 Å². The maximum atomic E-state index is 11.5. The Morgan fingerprint density at radius 2 is 2.00 bits per heavy atom. The molecule has 0 fully saturated rings. The van der Waals surface area contributed by atoms with Crippen LogP contribution in [0.5, 0.6) is 0 Å². The number of nitrogens with one attached hydrogen (secondary N) is 2. The number of hydrogen-bond acceptors (Lipinski definition) is 3. The molecule has 0 bridgehead atoms. The summed E-state index contributed by atoms with van der Waals surface area (Å²) in [6.45, 7) is 4.48. The number of amides is 1. The molecule has 0 saturated carbocycles. The van der Waals surface area contributed by atoms with Crippen LogP contribution >= 0.6 is 0 Å². The van der Waals surface area contributed by atoms with Gasteiger partial charge in [0.2, 0.25) is 5.91 Å². The van der Waals surface area contributed by atoms with Crippen molar-refractivity contribution >= 4 is 11.6 Å². The minimum absolute atomic E-state index is 0.0197. The van der Waals surface area contributed by atoms with E-state index in [4.69, 9.17) is 4.74 Å². The summed E-state index contributed by atoms with van der Waals surface area (Å²) in [5.74, 6) is -0.0197. The van der Waals surface area contributed by atoms with Crippen molar-refractivity contribution in [1.82, 2.24) is 5.32 Å². The Kier molecular flexibility index (Phi) is 7.06. The molecule has 0 heterocycles. The van der Waals surface area contributed by atoms with Crippen LogP contribution in [0.3, 0.4) is 0 Å². The molecule has 1 rings (SSSR count). The third-order valence-corrected chi connectivity index (χ3v) is 2.53. The summed E-state index contributed by atoms with van der Waals surface area (Å²) in [6.07, 6.45) is 1.52. The maximum Gasteiger partial charge on any atom is 0.226 e. The van der Waals surface area contributed by atoms with Crippen LogP contribution in [0.1, 0.15) is 25.3 Å². The van der Waals surface area contributed by atoms with Gasteiger partial charge in [-0.05, 0) is 30.7 Å². The van der Waals surface area contributed by atoms with Gasteiger partial charge in [-0.2, -0.15) is 0 Å². The number of methoxy groups -OCH3 is 1. The molecule has 0 saturated heterocycles. The molecule has 0 aliphatic rings. The molecule has 0 unspecified atom stereocenters. The number of benzene rings is 1. The molecule has 18 heavy (non-hydrogen) atoms. The van der Waals surface area contributed by atoms with Crippen LogP contribution < -0.4 is 10.6 Å². The molecular formula is C14H22N2O2. The zero-order chi connectivity index (χ0) is 13.2. The minimum atomic E-state index is -0.0197. The lowest BCUT2D eigenvalue weighted by atomic mass is 10.2. The fourth-order valence-corrected chi connectivity index (χ4v) is 1.53. The number of carbonyl (C=O) groups is 1. The highest BCUT2D eigenvalue weighted by molar-refractivity contribution is 5.90. The molecule has 0 spiro atoms. The van der Waals surface area contributed by atoms with E-state index < -0.39 is 0 Å². The quantitative estimate of drug-likeness (QED) is 0.695. The van der Waals surface area contributed by atoms with Gasteiger partial charge in [-0.15, -0.1) is 0 Å². The van der Waals surface area contributed by atoms with Crippen LogP contribution in [0.4, 0.5) is 5.69 Å². The summed E-state index contributed by atoms with van der Waals surface area (Å²) in [5, 5.41) is 6.17. The van der Waals surface area contributed by atoms with E-state index in [9.17, 15) is 4.79 Å². The van der Waals surface area contributed by atoms with Crippen molar-refractivity contribution in [1.29, 1.82) is 0 Å². The lowest BCUT2D eigenvalue weighted by Gasteiger charge is -2.07. The summed E-state index contributed by atoms with van der Waals surface area (Å²) < 4.78 is 4.86. The van der Waals surface area contributed by atoms with E-state index in [0.717, 1.165) is 25.2 Å². The van der Waals surface area contributed by atoms with Crippen LogP contribution in [0.25, 0.3) is 0 Å². The molecule has 0 radical (unpaired) electrons. The third-order valence-electron chi connectivity index (χ3n) is 2.53. The third kappa shape index (κ3) is 5.80. The molecular weight excluding hydrogens is 228 g/mol. The normalized spacial score (nSPS) is 10.3. The Balaban J connectivity index is 2.37.